The molecule has 3 saturated carbocycles. The van der Waals surface area contributed by atoms with Crippen molar-refractivity contribution in [1.29, 1.82) is 0 Å². The number of hydrogen-bond acceptors (Lipinski definition) is 11. The van der Waals surface area contributed by atoms with E-state index < -0.39 is 99.8 Å². The van der Waals surface area contributed by atoms with Crippen LogP contribution >= 0.6 is 0 Å². The van der Waals surface area contributed by atoms with Gasteiger partial charge in [-0.25, -0.2) is 32.0 Å². The lowest BCUT2D eigenvalue weighted by molar-refractivity contribution is -0.153. The van der Waals surface area contributed by atoms with Crippen LogP contribution < -0.4 is 24.8 Å². The smallest absolute Gasteiger partial charge is 0.422 e. The number of carbonyl (C=O) groups is 4. The molecule has 0 spiro atoms. The third-order valence-corrected chi connectivity index (χ3v) is 14.3. The van der Waals surface area contributed by atoms with E-state index in [4.69, 9.17) is 19.2 Å². The number of fused-ring (bicyclic) bond motifs is 5. The van der Waals surface area contributed by atoms with E-state index in [0.717, 1.165) is 24.2 Å². The summed E-state index contributed by atoms with van der Waals surface area (Å²) in [6, 6.07) is 1.36. The van der Waals surface area contributed by atoms with E-state index in [1.165, 1.54) is 32.0 Å². The second-order valence-electron chi connectivity index (χ2n) is 16.6. The number of ether oxygens (including phenoxy) is 3. The van der Waals surface area contributed by atoms with Crippen LogP contribution in [0.1, 0.15) is 84.3 Å². The van der Waals surface area contributed by atoms with Gasteiger partial charge < -0.3 is 29.7 Å². The highest BCUT2D eigenvalue weighted by Gasteiger charge is 2.67. The van der Waals surface area contributed by atoms with Gasteiger partial charge >= 0.3 is 12.3 Å². The maximum Gasteiger partial charge on any atom is 0.422 e. The number of nitrogens with zero attached hydrogens (tertiary/aromatic N) is 3. The van der Waals surface area contributed by atoms with Crippen molar-refractivity contribution in [2.75, 3.05) is 13.2 Å². The molecule has 324 valence electrons. The van der Waals surface area contributed by atoms with E-state index in [9.17, 15) is 49.5 Å². The molecule has 2 aliphatic heterocycles. The molecule has 1 saturated heterocycles. The van der Waals surface area contributed by atoms with Gasteiger partial charge in [0, 0.05) is 12.0 Å². The summed E-state index contributed by atoms with van der Waals surface area (Å²) in [5, 5.41) is 4.92. The summed E-state index contributed by atoms with van der Waals surface area (Å²) in [5.41, 5.74) is -1.40. The fourth-order valence-electron chi connectivity index (χ4n) is 8.09. The second-order valence-corrected chi connectivity index (χ2v) is 18.8. The van der Waals surface area contributed by atoms with Gasteiger partial charge in [-0.1, -0.05) is 19.8 Å². The zero-order valence-electron chi connectivity index (χ0n) is 32.7. The molecule has 15 nitrogen and oxygen atoms in total. The third-order valence-electron chi connectivity index (χ3n) is 12.2. The highest BCUT2D eigenvalue weighted by Crippen LogP contribution is 2.50. The molecule has 1 aromatic carbocycles. The molecule has 3 aliphatic carbocycles. The number of amides is 4. The minimum absolute atomic E-state index is 0.00455. The molecule has 1 aromatic heterocycles. The Bertz CT molecular complexity index is 2110. The first-order chi connectivity index (χ1) is 27.7. The minimum Gasteiger partial charge on any atom is -0.484 e. The molecule has 0 unspecified atom stereocenters. The van der Waals surface area contributed by atoms with E-state index in [2.05, 4.69) is 15.6 Å². The van der Waals surface area contributed by atoms with Gasteiger partial charge in [0.2, 0.25) is 34.1 Å². The zero-order valence-corrected chi connectivity index (χ0v) is 33.5. The predicted octanol–water partition coefficient (Wildman–Crippen LogP) is 4.31. The van der Waals surface area contributed by atoms with Gasteiger partial charge in [0.25, 0.3) is 5.91 Å². The summed E-state index contributed by atoms with van der Waals surface area (Å²) in [7, 11) is -4.29. The molecule has 8 atom stereocenters. The molecule has 3 N–H and O–H groups in total. The van der Waals surface area contributed by atoms with E-state index in [1.807, 2.05) is 4.72 Å². The highest BCUT2D eigenvalue weighted by atomic mass is 32.2. The topological polar surface area (TPSA) is 195 Å². The van der Waals surface area contributed by atoms with Gasteiger partial charge in [0.05, 0.1) is 28.2 Å². The van der Waals surface area contributed by atoms with Crippen LogP contribution in [0.3, 0.4) is 0 Å². The lowest BCUT2D eigenvalue weighted by Gasteiger charge is -2.31. The Labute approximate surface area is 336 Å². The van der Waals surface area contributed by atoms with E-state index in [1.54, 1.807) is 6.92 Å². The number of rotatable bonds is 9. The Kier molecular flexibility index (Phi) is 11.4. The summed E-state index contributed by atoms with van der Waals surface area (Å²) in [6.45, 7) is 2.65. The summed E-state index contributed by atoms with van der Waals surface area (Å²) < 4.78 is 111. The molecule has 4 fully saturated rings. The average Bonchev–Trinajstić information content (AvgIpc) is 4.11. The van der Waals surface area contributed by atoms with Crippen molar-refractivity contribution in [3.63, 3.8) is 0 Å². The first-order valence-electron chi connectivity index (χ1n) is 19.9. The van der Waals surface area contributed by atoms with Crippen LogP contribution in [0.5, 0.6) is 11.6 Å². The Morgan fingerprint density at radius 3 is 2.49 bits per heavy atom. The molecule has 59 heavy (non-hydrogen) atoms. The molecule has 3 heterocycles. The second kappa shape index (κ2) is 15.8. The molecule has 7 rings (SSSR count). The van der Waals surface area contributed by atoms with Crippen molar-refractivity contribution >= 4 is 44.9 Å². The van der Waals surface area contributed by atoms with Crippen LogP contribution in [0.2, 0.25) is 0 Å². The Hall–Kier alpha value is -4.56. The van der Waals surface area contributed by atoms with Gasteiger partial charge in [-0.3, -0.25) is 19.1 Å². The quantitative estimate of drug-likeness (QED) is 0.304. The number of nitrogens with one attached hydrogen (secondary N) is 3. The van der Waals surface area contributed by atoms with Crippen molar-refractivity contribution in [1.82, 2.24) is 30.2 Å². The summed E-state index contributed by atoms with van der Waals surface area (Å²) in [4.78, 5) is 65.6. The predicted molar refractivity (Wildman–Crippen MR) is 198 cm³/mol. The number of sulfonamides is 1. The fourth-order valence-corrected chi connectivity index (χ4v) is 9.40. The Balaban J connectivity index is 1.22. The van der Waals surface area contributed by atoms with E-state index >= 15 is 0 Å². The first-order valence-corrected chi connectivity index (χ1v) is 21.3. The largest absolute Gasteiger partial charge is 0.484 e. The van der Waals surface area contributed by atoms with E-state index in [0.29, 0.717) is 30.5 Å². The first kappa shape index (κ1) is 42.6. The number of alkyl carbamates (subject to hydrolysis) is 1. The van der Waals surface area contributed by atoms with Crippen molar-refractivity contribution in [2.45, 2.75) is 132 Å². The molecule has 21 heteroatoms. The molecule has 4 amide bonds. The van der Waals surface area contributed by atoms with Crippen molar-refractivity contribution in [3.05, 3.63) is 23.9 Å². The number of aromatic nitrogens is 2. The standard InChI is InChI=1S/C38H47F5N6O9S/c1-4-22-28-17-49(29(22)31(50)47-37(16-23(37)30(39)40)34(52)48-59(54,55)36(3)12-13-36)33(51)19(2)44-35(53)58-27-14-20(27)8-6-5-7-9-25-32(57-28)46-26-15-21(10-11-24(26)45-25)56-18-38(41,42)43/h10-11,15,19-20,22-23,27-30H,4-9,12-14,16-18H2,1-3H3,(H,44,53)(H,47,50)(H,48,52)/t19-,20+,22+,23-,27+,28-,29-,37+/m0/s1. The number of carbonyl (C=O) groups excluding carboxylic acids is 4. The van der Waals surface area contributed by atoms with Gasteiger partial charge in [-0.15, -0.1) is 0 Å². The van der Waals surface area contributed by atoms with Crippen LogP contribution in [-0.4, -0.2) is 107 Å². The molecular weight excluding hydrogens is 812 g/mol. The van der Waals surface area contributed by atoms with Crippen molar-refractivity contribution in [2.24, 2.45) is 17.8 Å². The third kappa shape index (κ3) is 8.99. The van der Waals surface area contributed by atoms with Gasteiger partial charge in [0.15, 0.2) is 6.61 Å². The summed E-state index contributed by atoms with van der Waals surface area (Å²) in [5.74, 6) is -5.71. The van der Waals surface area contributed by atoms with Crippen molar-refractivity contribution in [3.8, 4) is 11.6 Å². The molecule has 2 bridgehead atoms. The monoisotopic (exact) mass is 858 g/mol. The van der Waals surface area contributed by atoms with Gasteiger partial charge in [-0.2, -0.15) is 13.2 Å². The maximum absolute atomic E-state index is 14.5. The Morgan fingerprint density at radius 2 is 1.83 bits per heavy atom. The maximum atomic E-state index is 14.5. The van der Waals surface area contributed by atoms with E-state index in [-0.39, 0.29) is 55.0 Å². The van der Waals surface area contributed by atoms with Crippen LogP contribution in [0.15, 0.2) is 18.2 Å². The fraction of sp³-hybridized carbons (Fsp3) is 0.684. The normalized spacial score (nSPS) is 30.7. The highest BCUT2D eigenvalue weighted by molar-refractivity contribution is 7.91. The van der Waals surface area contributed by atoms with Crippen LogP contribution in [-0.2, 0) is 35.6 Å². The number of alkyl halides is 5. The summed E-state index contributed by atoms with van der Waals surface area (Å²) in [6.07, 6.45) is -5.75. The van der Waals surface area contributed by atoms with Gasteiger partial charge in [0.1, 0.15) is 41.3 Å². The van der Waals surface area contributed by atoms with Crippen LogP contribution in [0, 0.1) is 17.8 Å². The number of hydrogen-bond donors (Lipinski definition) is 3. The lowest BCUT2D eigenvalue weighted by atomic mass is 9.93. The number of aryl methyl sites for hydroxylation is 1. The minimum atomic E-state index is -4.59. The average molecular weight is 859 g/mol. The SMILES string of the molecule is CC[C@@H]1[C@@H]2CN(C(=O)[C@H](C)NC(=O)O[C@@H]3C[C@H]3CCCCCc3nc4ccc(OCC(F)(F)F)cc4nc3O2)[C@@H]1C(=O)N[C@]1(C(=O)NS(=O)(=O)C2(C)CC2)C[C@H]1C(F)F. The number of benzene rings is 1. The summed E-state index contributed by atoms with van der Waals surface area (Å²) >= 11 is 0. The number of halogens is 5. The van der Waals surface area contributed by atoms with Gasteiger partial charge in [-0.05, 0) is 83.3 Å². The van der Waals surface area contributed by atoms with Crippen molar-refractivity contribution < 1.29 is 63.8 Å². The molecule has 2 aromatic rings. The Morgan fingerprint density at radius 1 is 1.08 bits per heavy atom. The molecule has 0 radical (unpaired) electrons. The van der Waals surface area contributed by atoms with Crippen LogP contribution in [0.25, 0.3) is 11.0 Å². The zero-order chi connectivity index (χ0) is 42.7. The molecule has 5 aliphatic rings. The lowest BCUT2D eigenvalue weighted by Crippen LogP contribution is -2.59. The van der Waals surface area contributed by atoms with Crippen LogP contribution in [0.4, 0.5) is 26.7 Å². The molecular formula is C38H47F5N6O9S.